The molecule has 0 N–H and O–H groups in total. The van der Waals surface area contributed by atoms with Crippen LogP contribution in [0.2, 0.25) is 0 Å². The Bertz CT molecular complexity index is 385. The van der Waals surface area contributed by atoms with Crippen molar-refractivity contribution in [2.75, 3.05) is 60.6 Å². The van der Waals surface area contributed by atoms with Crippen LogP contribution in [-0.2, 0) is 37.9 Å². The van der Waals surface area contributed by atoms with Gasteiger partial charge in [-0.2, -0.15) is 0 Å². The lowest BCUT2D eigenvalue weighted by Gasteiger charge is -2.48. The van der Waals surface area contributed by atoms with E-state index in [1.807, 2.05) is 0 Å². The summed E-state index contributed by atoms with van der Waals surface area (Å²) in [6.07, 6.45) is 12.4. The van der Waals surface area contributed by atoms with Crippen molar-refractivity contribution in [3.8, 4) is 0 Å². The van der Waals surface area contributed by atoms with E-state index in [2.05, 4.69) is 0 Å². The van der Waals surface area contributed by atoms with Gasteiger partial charge in [-0.25, -0.2) is 0 Å². The van der Waals surface area contributed by atoms with Gasteiger partial charge in [-0.3, -0.25) is 0 Å². The minimum absolute atomic E-state index is 0.133. The first-order chi connectivity index (χ1) is 14.9. The van der Waals surface area contributed by atoms with Gasteiger partial charge in [0.05, 0.1) is 25.4 Å². The fourth-order valence-electron chi connectivity index (χ4n) is 5.05. The van der Waals surface area contributed by atoms with Crippen LogP contribution in [0.15, 0.2) is 0 Å². The van der Waals surface area contributed by atoms with Crippen LogP contribution in [0, 0.1) is 11.8 Å². The average molecular weight is 433 g/mol. The summed E-state index contributed by atoms with van der Waals surface area (Å²) >= 11 is 0. The average Bonchev–Trinajstić information content (AvgIpc) is 2.80. The normalized spacial score (nSPS) is 28.4. The second-order valence-corrected chi connectivity index (χ2v) is 8.46. The van der Waals surface area contributed by atoms with Gasteiger partial charge in [0.25, 0.3) is 0 Å². The highest BCUT2D eigenvalue weighted by Crippen LogP contribution is 2.45. The van der Waals surface area contributed by atoms with Crippen LogP contribution < -0.4 is 0 Å². The Kier molecular flexibility index (Phi) is 11.9. The van der Waals surface area contributed by atoms with Crippen molar-refractivity contribution in [1.82, 2.24) is 0 Å². The maximum atomic E-state index is 6.58. The molecule has 1 aliphatic heterocycles. The minimum atomic E-state index is -0.337. The maximum absolute atomic E-state index is 6.58. The van der Waals surface area contributed by atoms with Crippen LogP contribution >= 0.6 is 0 Å². The standard InChI is InChI=1S/C22H40O8/c1-3-7-20(8-4-1)22(21-9-5-2-6-10-21)13-25-16-28-17-26-14-23-11-12-24-15-27-18-29-19-30-22/h20-21H,1-19H2. The molecule has 3 rings (SSSR count). The van der Waals surface area contributed by atoms with E-state index in [-0.39, 0.29) is 46.4 Å². The summed E-state index contributed by atoms with van der Waals surface area (Å²) in [5.41, 5.74) is -0.337. The highest BCUT2D eigenvalue weighted by molar-refractivity contribution is 4.96. The number of rotatable bonds is 2. The van der Waals surface area contributed by atoms with E-state index in [0.29, 0.717) is 31.7 Å². The SMILES string of the molecule is C1CCC(C2(C3CCCCC3)COCOCOCOCCOCOCOCO2)CC1. The molecule has 0 unspecified atom stereocenters. The molecule has 0 spiro atoms. The lowest BCUT2D eigenvalue weighted by Crippen LogP contribution is -2.53. The molecule has 0 aromatic heterocycles. The highest BCUT2D eigenvalue weighted by atomic mass is 16.8. The first kappa shape index (κ1) is 24.3. The summed E-state index contributed by atoms with van der Waals surface area (Å²) < 4.78 is 45.1. The van der Waals surface area contributed by atoms with E-state index in [9.17, 15) is 0 Å². The van der Waals surface area contributed by atoms with Gasteiger partial charge in [0.2, 0.25) is 0 Å². The van der Waals surface area contributed by atoms with Crippen LogP contribution in [0.25, 0.3) is 0 Å². The molecule has 2 aliphatic carbocycles. The fourth-order valence-corrected chi connectivity index (χ4v) is 5.05. The number of hydrogen-bond donors (Lipinski definition) is 0. The van der Waals surface area contributed by atoms with Gasteiger partial charge in [-0.1, -0.05) is 38.5 Å². The topological polar surface area (TPSA) is 73.8 Å². The van der Waals surface area contributed by atoms with Crippen molar-refractivity contribution in [2.45, 2.75) is 69.8 Å². The molecule has 3 fully saturated rings. The van der Waals surface area contributed by atoms with Crippen LogP contribution in [0.4, 0.5) is 0 Å². The zero-order valence-corrected chi connectivity index (χ0v) is 18.4. The Morgan fingerprint density at radius 3 is 1.40 bits per heavy atom. The zero-order chi connectivity index (χ0) is 20.7. The summed E-state index contributed by atoms with van der Waals surface area (Å²) in [5, 5.41) is 0. The van der Waals surface area contributed by atoms with E-state index >= 15 is 0 Å². The van der Waals surface area contributed by atoms with Gasteiger partial charge < -0.3 is 37.9 Å². The smallest absolute Gasteiger partial charge is 0.152 e. The molecule has 0 aromatic rings. The lowest BCUT2D eigenvalue weighted by atomic mass is 9.66. The summed E-state index contributed by atoms with van der Waals surface area (Å²) in [4.78, 5) is 0. The van der Waals surface area contributed by atoms with Gasteiger partial charge in [0, 0.05) is 0 Å². The highest BCUT2D eigenvalue weighted by Gasteiger charge is 2.47. The molecule has 1 heterocycles. The first-order valence-electron chi connectivity index (χ1n) is 11.6. The van der Waals surface area contributed by atoms with Crippen LogP contribution in [0.1, 0.15) is 64.2 Å². The summed E-state index contributed by atoms with van der Waals surface area (Å²) in [5.74, 6) is 0.967. The fraction of sp³-hybridized carbons (Fsp3) is 1.00. The van der Waals surface area contributed by atoms with Crippen LogP contribution in [0.5, 0.6) is 0 Å². The summed E-state index contributed by atoms with van der Waals surface area (Å²) in [6, 6.07) is 0. The van der Waals surface area contributed by atoms with E-state index in [1.54, 1.807) is 0 Å². The lowest BCUT2D eigenvalue weighted by molar-refractivity contribution is -0.259. The molecule has 1 saturated heterocycles. The molecule has 0 bridgehead atoms. The third-order valence-corrected chi connectivity index (χ3v) is 6.54. The molecule has 30 heavy (non-hydrogen) atoms. The van der Waals surface area contributed by atoms with E-state index in [1.165, 1.54) is 64.2 Å². The molecule has 0 amide bonds. The maximum Gasteiger partial charge on any atom is 0.152 e. The Balaban J connectivity index is 1.63. The molecule has 8 heteroatoms. The Morgan fingerprint density at radius 2 is 0.867 bits per heavy atom. The number of ether oxygens (including phenoxy) is 8. The second-order valence-electron chi connectivity index (χ2n) is 8.46. The van der Waals surface area contributed by atoms with E-state index < -0.39 is 0 Å². The molecule has 0 radical (unpaired) electrons. The van der Waals surface area contributed by atoms with Crippen molar-refractivity contribution in [1.29, 1.82) is 0 Å². The molecule has 2 saturated carbocycles. The van der Waals surface area contributed by atoms with Crippen molar-refractivity contribution in [3.05, 3.63) is 0 Å². The number of hydrogen-bond acceptors (Lipinski definition) is 8. The third kappa shape index (κ3) is 7.98. The summed E-state index contributed by atoms with van der Waals surface area (Å²) in [6.45, 7) is 2.34. The van der Waals surface area contributed by atoms with Gasteiger partial charge >= 0.3 is 0 Å². The molecular formula is C22H40O8. The van der Waals surface area contributed by atoms with Crippen molar-refractivity contribution >= 4 is 0 Å². The predicted octanol–water partition coefficient (Wildman–Crippen LogP) is 3.78. The van der Waals surface area contributed by atoms with Gasteiger partial charge in [0.15, 0.2) is 13.6 Å². The Labute approximate surface area is 180 Å². The van der Waals surface area contributed by atoms with Crippen LogP contribution in [-0.4, -0.2) is 66.2 Å². The monoisotopic (exact) mass is 432 g/mol. The quantitative estimate of drug-likeness (QED) is 0.653. The molecule has 176 valence electrons. The summed E-state index contributed by atoms with van der Waals surface area (Å²) in [7, 11) is 0. The first-order valence-corrected chi connectivity index (χ1v) is 11.6. The minimum Gasteiger partial charge on any atom is -0.353 e. The van der Waals surface area contributed by atoms with E-state index in [0.717, 1.165) is 0 Å². The molecule has 8 nitrogen and oxygen atoms in total. The second kappa shape index (κ2) is 14.7. The van der Waals surface area contributed by atoms with E-state index in [4.69, 9.17) is 37.9 Å². The zero-order valence-electron chi connectivity index (χ0n) is 18.4. The predicted molar refractivity (Wildman–Crippen MR) is 108 cm³/mol. The molecule has 3 aliphatic rings. The van der Waals surface area contributed by atoms with Crippen molar-refractivity contribution < 1.29 is 37.9 Å². The molecule has 0 aromatic carbocycles. The molecular weight excluding hydrogens is 392 g/mol. The molecule has 0 atom stereocenters. The Hall–Kier alpha value is -0.320. The van der Waals surface area contributed by atoms with Gasteiger partial charge in [-0.15, -0.1) is 0 Å². The van der Waals surface area contributed by atoms with Gasteiger partial charge in [0.1, 0.15) is 27.2 Å². The van der Waals surface area contributed by atoms with Gasteiger partial charge in [-0.05, 0) is 37.5 Å². The Morgan fingerprint density at radius 1 is 0.433 bits per heavy atom. The van der Waals surface area contributed by atoms with Crippen LogP contribution in [0.3, 0.4) is 0 Å². The largest absolute Gasteiger partial charge is 0.353 e. The third-order valence-electron chi connectivity index (χ3n) is 6.54. The van der Waals surface area contributed by atoms with Crippen molar-refractivity contribution in [2.24, 2.45) is 11.8 Å². The van der Waals surface area contributed by atoms with Crippen molar-refractivity contribution in [3.63, 3.8) is 0 Å².